The molecule has 1 unspecified atom stereocenters. The Morgan fingerprint density at radius 2 is 1.89 bits per heavy atom. The van der Waals surface area contributed by atoms with Crippen LogP contribution in [0.25, 0.3) is 11.1 Å². The van der Waals surface area contributed by atoms with E-state index in [0.29, 0.717) is 5.56 Å². The summed E-state index contributed by atoms with van der Waals surface area (Å²) < 4.78 is 12.1. The molecule has 18 heavy (non-hydrogen) atoms. The molecule has 0 aliphatic carbocycles. The van der Waals surface area contributed by atoms with Crippen molar-refractivity contribution in [1.29, 1.82) is 0 Å². The Balaban J connectivity index is 2.25. The molecule has 94 valence electrons. The lowest BCUT2D eigenvalue weighted by Gasteiger charge is -2.09. The SMILES string of the molecule is O=c1cc(-c2ccc(C(O)CCF)cc2)cc[nH]1. The van der Waals surface area contributed by atoms with Gasteiger partial charge in [-0.3, -0.25) is 9.18 Å². The van der Waals surface area contributed by atoms with E-state index in [1.807, 2.05) is 12.1 Å². The van der Waals surface area contributed by atoms with Crippen molar-refractivity contribution in [3.63, 3.8) is 0 Å². The lowest BCUT2D eigenvalue weighted by atomic mass is 10.0. The highest BCUT2D eigenvalue weighted by molar-refractivity contribution is 5.62. The summed E-state index contributed by atoms with van der Waals surface area (Å²) in [6, 6.07) is 10.4. The minimum absolute atomic E-state index is 0.102. The third-order valence-corrected chi connectivity index (χ3v) is 2.79. The minimum atomic E-state index is -0.775. The molecular formula is C14H14FNO2. The first-order valence-corrected chi connectivity index (χ1v) is 5.74. The van der Waals surface area contributed by atoms with E-state index in [2.05, 4.69) is 4.98 Å². The molecule has 1 aromatic carbocycles. The second kappa shape index (κ2) is 5.60. The van der Waals surface area contributed by atoms with Crippen LogP contribution < -0.4 is 5.56 Å². The molecule has 0 aliphatic rings. The molecule has 1 aromatic heterocycles. The summed E-state index contributed by atoms with van der Waals surface area (Å²) >= 11 is 0. The molecule has 4 heteroatoms. The molecule has 0 fully saturated rings. The third-order valence-electron chi connectivity index (χ3n) is 2.79. The van der Waals surface area contributed by atoms with Gasteiger partial charge in [0.25, 0.3) is 0 Å². The molecule has 0 amide bonds. The summed E-state index contributed by atoms with van der Waals surface area (Å²) in [5.74, 6) is 0. The maximum Gasteiger partial charge on any atom is 0.248 e. The molecule has 3 nitrogen and oxygen atoms in total. The predicted octanol–water partition coefficient (Wildman–Crippen LogP) is 2.43. The zero-order valence-electron chi connectivity index (χ0n) is 9.77. The van der Waals surface area contributed by atoms with Gasteiger partial charge in [0.05, 0.1) is 12.8 Å². The largest absolute Gasteiger partial charge is 0.388 e. The summed E-state index contributed by atoms with van der Waals surface area (Å²) in [6.07, 6.45) is 0.914. The predicted molar refractivity (Wildman–Crippen MR) is 68.1 cm³/mol. The molecule has 0 saturated heterocycles. The monoisotopic (exact) mass is 247 g/mol. The molecule has 0 spiro atoms. The Morgan fingerprint density at radius 1 is 1.17 bits per heavy atom. The van der Waals surface area contributed by atoms with Gasteiger partial charge in [-0.2, -0.15) is 0 Å². The second-order valence-electron chi connectivity index (χ2n) is 4.06. The van der Waals surface area contributed by atoms with E-state index in [1.54, 1.807) is 24.4 Å². The van der Waals surface area contributed by atoms with E-state index in [9.17, 15) is 14.3 Å². The van der Waals surface area contributed by atoms with Crippen molar-refractivity contribution in [1.82, 2.24) is 4.98 Å². The number of aromatic nitrogens is 1. The molecule has 1 atom stereocenters. The molecule has 0 radical (unpaired) electrons. The Bertz CT molecular complexity index is 563. The van der Waals surface area contributed by atoms with Gasteiger partial charge in [0.15, 0.2) is 0 Å². The lowest BCUT2D eigenvalue weighted by Crippen LogP contribution is -2.02. The van der Waals surface area contributed by atoms with E-state index in [4.69, 9.17) is 0 Å². The fourth-order valence-corrected chi connectivity index (χ4v) is 1.79. The van der Waals surface area contributed by atoms with Crippen molar-refractivity contribution < 1.29 is 9.50 Å². The highest BCUT2D eigenvalue weighted by Crippen LogP contribution is 2.22. The van der Waals surface area contributed by atoms with E-state index in [0.717, 1.165) is 11.1 Å². The summed E-state index contributed by atoms with van der Waals surface area (Å²) in [4.78, 5) is 13.7. The van der Waals surface area contributed by atoms with Gasteiger partial charge < -0.3 is 10.1 Å². The van der Waals surface area contributed by atoms with Crippen LogP contribution in [0.15, 0.2) is 47.4 Å². The number of benzene rings is 1. The van der Waals surface area contributed by atoms with Gasteiger partial charge >= 0.3 is 0 Å². The Hall–Kier alpha value is -1.94. The molecule has 2 rings (SSSR count). The van der Waals surface area contributed by atoms with Crippen molar-refractivity contribution in [3.05, 3.63) is 58.5 Å². The van der Waals surface area contributed by atoms with Crippen molar-refractivity contribution in [3.8, 4) is 11.1 Å². The smallest absolute Gasteiger partial charge is 0.248 e. The maximum absolute atomic E-state index is 12.1. The number of aromatic amines is 1. The van der Waals surface area contributed by atoms with Crippen LogP contribution in [-0.2, 0) is 0 Å². The second-order valence-corrected chi connectivity index (χ2v) is 4.06. The van der Waals surface area contributed by atoms with Gasteiger partial charge in [-0.15, -0.1) is 0 Å². The summed E-state index contributed by atoms with van der Waals surface area (Å²) in [5, 5.41) is 9.63. The quantitative estimate of drug-likeness (QED) is 0.871. The first kappa shape index (κ1) is 12.5. The maximum atomic E-state index is 12.1. The van der Waals surface area contributed by atoms with Crippen molar-refractivity contribution in [2.75, 3.05) is 6.67 Å². The van der Waals surface area contributed by atoms with E-state index < -0.39 is 12.8 Å². The summed E-state index contributed by atoms with van der Waals surface area (Å²) in [7, 11) is 0. The normalized spacial score (nSPS) is 12.3. The first-order chi connectivity index (χ1) is 8.70. The van der Waals surface area contributed by atoms with Gasteiger partial charge in [0.2, 0.25) is 5.56 Å². The van der Waals surface area contributed by atoms with E-state index in [-0.39, 0.29) is 12.0 Å². The molecule has 1 heterocycles. The van der Waals surface area contributed by atoms with E-state index >= 15 is 0 Å². The van der Waals surface area contributed by atoms with Crippen LogP contribution in [0.1, 0.15) is 18.1 Å². The number of hydrogen-bond acceptors (Lipinski definition) is 2. The standard InChI is InChI=1S/C14H14FNO2/c15-7-5-13(17)11-3-1-10(2-4-11)12-6-8-16-14(18)9-12/h1-4,6,8-9,13,17H,5,7H2,(H,16,18). The molecule has 2 N–H and O–H groups in total. The van der Waals surface area contributed by atoms with Gasteiger partial charge in [-0.1, -0.05) is 24.3 Å². The number of pyridine rings is 1. The summed E-state index contributed by atoms with van der Waals surface area (Å²) in [6.45, 7) is -0.545. The number of halogens is 1. The van der Waals surface area contributed by atoms with Crippen LogP contribution in [0.3, 0.4) is 0 Å². The zero-order chi connectivity index (χ0) is 13.0. The van der Waals surface area contributed by atoms with Crippen molar-refractivity contribution >= 4 is 0 Å². The number of hydrogen-bond donors (Lipinski definition) is 2. The third kappa shape index (κ3) is 2.84. The minimum Gasteiger partial charge on any atom is -0.388 e. The Labute approximate surface area is 104 Å². The number of rotatable bonds is 4. The van der Waals surface area contributed by atoms with Crippen molar-refractivity contribution in [2.45, 2.75) is 12.5 Å². The van der Waals surface area contributed by atoms with Crippen LogP contribution in [0.2, 0.25) is 0 Å². The number of aliphatic hydroxyl groups is 1. The average Bonchev–Trinajstić information content (AvgIpc) is 2.39. The Morgan fingerprint density at radius 3 is 2.50 bits per heavy atom. The highest BCUT2D eigenvalue weighted by Gasteiger charge is 2.07. The van der Waals surface area contributed by atoms with Crippen LogP contribution in [0, 0.1) is 0 Å². The van der Waals surface area contributed by atoms with Gasteiger partial charge in [0.1, 0.15) is 0 Å². The number of H-pyrrole nitrogens is 1. The van der Waals surface area contributed by atoms with Crippen molar-refractivity contribution in [2.24, 2.45) is 0 Å². The van der Waals surface area contributed by atoms with Gasteiger partial charge in [0, 0.05) is 18.7 Å². The number of nitrogens with one attached hydrogen (secondary N) is 1. The summed E-state index contributed by atoms with van der Waals surface area (Å²) in [5.41, 5.74) is 2.22. The van der Waals surface area contributed by atoms with Crippen LogP contribution in [0.4, 0.5) is 4.39 Å². The molecule has 0 aliphatic heterocycles. The fraction of sp³-hybridized carbons (Fsp3) is 0.214. The topological polar surface area (TPSA) is 53.1 Å². The zero-order valence-corrected chi connectivity index (χ0v) is 9.77. The van der Waals surface area contributed by atoms with Crippen LogP contribution in [-0.4, -0.2) is 16.8 Å². The van der Waals surface area contributed by atoms with Gasteiger partial charge in [-0.25, -0.2) is 0 Å². The Kier molecular flexibility index (Phi) is 3.89. The molecule has 0 bridgehead atoms. The number of alkyl halides is 1. The molecular weight excluding hydrogens is 233 g/mol. The lowest BCUT2D eigenvalue weighted by molar-refractivity contribution is 0.156. The molecule has 0 saturated carbocycles. The van der Waals surface area contributed by atoms with Crippen LogP contribution >= 0.6 is 0 Å². The molecule has 2 aromatic rings. The van der Waals surface area contributed by atoms with Gasteiger partial charge in [-0.05, 0) is 22.8 Å². The number of aliphatic hydroxyl groups excluding tert-OH is 1. The fourth-order valence-electron chi connectivity index (χ4n) is 1.79. The first-order valence-electron chi connectivity index (χ1n) is 5.74. The average molecular weight is 247 g/mol. The van der Waals surface area contributed by atoms with Crippen LogP contribution in [0.5, 0.6) is 0 Å². The van der Waals surface area contributed by atoms with E-state index in [1.165, 1.54) is 6.07 Å². The highest BCUT2D eigenvalue weighted by atomic mass is 19.1.